The van der Waals surface area contributed by atoms with E-state index in [9.17, 15) is 33.1 Å². The number of nitrogens with one attached hydrogen (secondary N) is 2. The van der Waals surface area contributed by atoms with Crippen molar-refractivity contribution in [2.45, 2.75) is 81.5 Å². The van der Waals surface area contributed by atoms with Gasteiger partial charge in [0.1, 0.15) is 17.4 Å². The summed E-state index contributed by atoms with van der Waals surface area (Å²) in [5.41, 5.74) is 0.494. The Labute approximate surface area is 345 Å². The molecule has 3 saturated heterocycles. The lowest BCUT2D eigenvalue weighted by Gasteiger charge is -2.44. The molecule has 3 aliphatic heterocycles. The summed E-state index contributed by atoms with van der Waals surface area (Å²) in [6.07, 6.45) is 3.83. The lowest BCUT2D eigenvalue weighted by molar-refractivity contribution is -0.135. The van der Waals surface area contributed by atoms with Gasteiger partial charge in [0.05, 0.1) is 53.3 Å². The summed E-state index contributed by atoms with van der Waals surface area (Å²) >= 11 is 0. The number of carbonyl (C=O) groups excluding carboxylic acids is 3. The van der Waals surface area contributed by atoms with Crippen molar-refractivity contribution in [3.8, 4) is 0 Å². The number of rotatable bonds is 10. The number of carbonyl (C=O) groups is 3. The molecule has 21 heteroatoms. The van der Waals surface area contributed by atoms with Crippen molar-refractivity contribution in [3.63, 3.8) is 0 Å². The number of imidazole rings is 1. The van der Waals surface area contributed by atoms with Crippen LogP contribution >= 0.6 is 0 Å². The Morgan fingerprint density at radius 1 is 1.07 bits per heavy atom. The second-order valence-electron chi connectivity index (χ2n) is 16.8. The number of hydrogen-bond donors (Lipinski definition) is 3. The monoisotopic (exact) mass is 850 g/mol. The third-order valence-electron chi connectivity index (χ3n) is 12.8. The summed E-state index contributed by atoms with van der Waals surface area (Å²) < 4.78 is 66.4. The average molecular weight is 851 g/mol. The highest BCUT2D eigenvalue weighted by molar-refractivity contribution is 6.08. The van der Waals surface area contributed by atoms with Crippen molar-refractivity contribution in [2.75, 3.05) is 54.9 Å². The number of nitrogens with zero attached hydrogens (tertiary/aromatic N) is 10. The molecule has 7 heterocycles. The molecule has 1 aromatic carbocycles. The van der Waals surface area contributed by atoms with E-state index < -0.39 is 66.2 Å². The molecular formula is C40H46F4N12O5. The number of aromatic nitrogens is 7. The predicted molar refractivity (Wildman–Crippen MR) is 214 cm³/mol. The molecule has 0 bridgehead atoms. The number of benzene rings is 1. The van der Waals surface area contributed by atoms with Gasteiger partial charge in [-0.05, 0) is 69.7 Å². The van der Waals surface area contributed by atoms with E-state index in [1.54, 1.807) is 54.4 Å². The highest BCUT2D eigenvalue weighted by atomic mass is 19.3. The molecule has 4 aromatic heterocycles. The first kappa shape index (κ1) is 40.6. The summed E-state index contributed by atoms with van der Waals surface area (Å²) in [4.78, 5) is 61.0. The number of halogens is 4. The maximum atomic E-state index is 16.1. The van der Waals surface area contributed by atoms with E-state index in [1.165, 1.54) is 30.7 Å². The molecule has 4 fully saturated rings. The maximum Gasteiger partial charge on any atom is 0.329 e. The summed E-state index contributed by atoms with van der Waals surface area (Å²) in [6, 6.07) is 4.61. The second kappa shape index (κ2) is 15.6. The quantitative estimate of drug-likeness (QED) is 0.138. The van der Waals surface area contributed by atoms with Crippen LogP contribution in [-0.4, -0.2) is 119 Å². The fourth-order valence-corrected chi connectivity index (χ4v) is 9.58. The van der Waals surface area contributed by atoms with Crippen LogP contribution in [0.5, 0.6) is 0 Å². The van der Waals surface area contributed by atoms with Gasteiger partial charge >= 0.3 is 5.69 Å². The number of aryl methyl sites for hydroxylation is 1. The molecule has 2 unspecified atom stereocenters. The number of alkyl halides is 4. The zero-order chi connectivity index (χ0) is 42.9. The minimum Gasteiger partial charge on any atom is -0.389 e. The summed E-state index contributed by atoms with van der Waals surface area (Å²) in [6.45, 7) is 0.958. The molecule has 324 valence electrons. The van der Waals surface area contributed by atoms with Crippen molar-refractivity contribution in [1.29, 1.82) is 0 Å². The van der Waals surface area contributed by atoms with Gasteiger partial charge in [0.2, 0.25) is 11.8 Å². The third-order valence-corrected chi connectivity index (χ3v) is 12.8. The van der Waals surface area contributed by atoms with Crippen molar-refractivity contribution in [3.05, 3.63) is 64.6 Å². The minimum atomic E-state index is -3.11. The topological polar surface area (TPSA) is 180 Å². The zero-order valence-corrected chi connectivity index (χ0v) is 33.6. The smallest absolute Gasteiger partial charge is 0.329 e. The molecule has 0 radical (unpaired) electrons. The predicted octanol–water partition coefficient (Wildman–Crippen LogP) is 3.51. The molecule has 4 aliphatic rings. The number of imide groups is 1. The normalized spacial score (nSPS) is 23.6. The van der Waals surface area contributed by atoms with Crippen molar-refractivity contribution in [2.24, 2.45) is 13.0 Å². The van der Waals surface area contributed by atoms with Gasteiger partial charge < -0.3 is 20.2 Å². The van der Waals surface area contributed by atoms with Gasteiger partial charge in [0.15, 0.2) is 11.3 Å². The SMILES string of the molecule is CN(CC1CCC(n2cc(NC(=O)c3cnn4ccc(N5CC(O)C5)nc34)c(C(F)F)n2)CC1)C1CCN(c2cccc3c2n(C)c(=O)n3C2CCC(=O)NC2=O)CC1(F)F. The van der Waals surface area contributed by atoms with Gasteiger partial charge in [0, 0.05) is 52.0 Å². The third kappa shape index (κ3) is 7.40. The van der Waals surface area contributed by atoms with E-state index in [4.69, 9.17) is 0 Å². The van der Waals surface area contributed by atoms with Crippen molar-refractivity contribution in [1.82, 2.24) is 43.7 Å². The Kier molecular flexibility index (Phi) is 10.4. The first-order chi connectivity index (χ1) is 29.2. The van der Waals surface area contributed by atoms with E-state index in [0.717, 1.165) is 0 Å². The molecule has 17 nitrogen and oxygen atoms in total. The van der Waals surface area contributed by atoms with Crippen LogP contribution in [0.4, 0.5) is 34.8 Å². The van der Waals surface area contributed by atoms with Crippen molar-refractivity contribution >= 4 is 51.6 Å². The van der Waals surface area contributed by atoms with Crippen LogP contribution in [0.3, 0.4) is 0 Å². The number of fused-ring (bicyclic) bond motifs is 2. The molecule has 5 aromatic rings. The lowest BCUT2D eigenvalue weighted by atomic mass is 9.85. The van der Waals surface area contributed by atoms with Crippen LogP contribution in [0.1, 0.15) is 79.5 Å². The van der Waals surface area contributed by atoms with E-state index in [0.29, 0.717) is 74.4 Å². The Morgan fingerprint density at radius 2 is 1.84 bits per heavy atom. The van der Waals surface area contributed by atoms with Gasteiger partial charge in [0.25, 0.3) is 18.3 Å². The molecule has 2 atom stereocenters. The fraction of sp³-hybridized carbons (Fsp3) is 0.525. The van der Waals surface area contributed by atoms with Gasteiger partial charge in [-0.25, -0.2) is 31.9 Å². The van der Waals surface area contributed by atoms with Crippen LogP contribution in [0.15, 0.2) is 47.7 Å². The molecule has 1 saturated carbocycles. The van der Waals surface area contributed by atoms with E-state index in [2.05, 4.69) is 25.8 Å². The number of aliphatic hydroxyl groups is 1. The van der Waals surface area contributed by atoms with Gasteiger partial charge in [-0.3, -0.25) is 38.4 Å². The van der Waals surface area contributed by atoms with Gasteiger partial charge in [-0.15, -0.1) is 0 Å². The standard InChI is InChI=1S/C40H46F4N12O5/c1-50(30-12-14-52(21-40(30,43)44)27-4-3-5-28-34(27)51(2)39(61)56(28)29-10-11-32(58)48-38(29)60)17-22-6-8-23(9-7-22)55-20-26(33(49-55)35(41)42)46-37(59)25-16-45-54-15-13-31(47-36(25)54)53-18-24(57)19-53/h3-5,13,15-16,20,22-24,29-30,35,57H,6-12,14,17-19,21H2,1-2H3,(H,46,59)(H,48,58,60). The van der Waals surface area contributed by atoms with Crippen LogP contribution in [-0.2, 0) is 16.6 Å². The molecule has 1 aliphatic carbocycles. The van der Waals surface area contributed by atoms with Gasteiger partial charge in [-0.2, -0.15) is 10.2 Å². The Bertz CT molecular complexity index is 2570. The van der Waals surface area contributed by atoms with Crippen LogP contribution in [0.25, 0.3) is 16.7 Å². The largest absolute Gasteiger partial charge is 0.389 e. The first-order valence-electron chi connectivity index (χ1n) is 20.5. The molecule has 0 spiro atoms. The summed E-state index contributed by atoms with van der Waals surface area (Å²) in [5, 5.41) is 22.9. The zero-order valence-electron chi connectivity index (χ0n) is 33.6. The molecule has 3 amide bonds. The van der Waals surface area contributed by atoms with Crippen LogP contribution in [0, 0.1) is 5.92 Å². The maximum absolute atomic E-state index is 16.1. The fourth-order valence-electron chi connectivity index (χ4n) is 9.58. The Balaban J connectivity index is 0.828. The van der Waals surface area contributed by atoms with Gasteiger partial charge in [-0.1, -0.05) is 6.07 Å². The van der Waals surface area contributed by atoms with E-state index in [-0.39, 0.29) is 48.1 Å². The number of anilines is 3. The number of piperidine rings is 2. The second-order valence-corrected chi connectivity index (χ2v) is 16.8. The molecule has 9 rings (SSSR count). The molecule has 61 heavy (non-hydrogen) atoms. The molecular weight excluding hydrogens is 805 g/mol. The number of para-hydroxylation sites is 1. The van der Waals surface area contributed by atoms with E-state index >= 15 is 8.78 Å². The van der Waals surface area contributed by atoms with Crippen molar-refractivity contribution < 1.29 is 37.1 Å². The van der Waals surface area contributed by atoms with E-state index in [1.807, 2.05) is 4.90 Å². The highest BCUT2D eigenvalue weighted by Crippen LogP contribution is 2.39. The first-order valence-corrected chi connectivity index (χ1v) is 20.5. The summed E-state index contributed by atoms with van der Waals surface area (Å²) in [7, 11) is 3.25. The highest BCUT2D eigenvalue weighted by Gasteiger charge is 2.47. The summed E-state index contributed by atoms with van der Waals surface area (Å²) in [5.74, 6) is -4.13. The van der Waals surface area contributed by atoms with Crippen LogP contribution < -0.4 is 26.1 Å². The number of amides is 3. The number of β-amino-alcohol motifs (C(OH)–C–C–N with tert-alkyl or cyclic N) is 1. The Hall–Kier alpha value is -5.83. The minimum absolute atomic E-state index is 0.0848. The Morgan fingerprint density at radius 3 is 2.54 bits per heavy atom. The average Bonchev–Trinajstić information content (AvgIpc) is 3.90. The lowest BCUT2D eigenvalue weighted by Crippen LogP contribution is -2.58. The number of aliphatic hydroxyl groups excluding tert-OH is 1. The number of hydrogen-bond acceptors (Lipinski definition) is 11. The molecule has 3 N–H and O–H groups in total. The van der Waals surface area contributed by atoms with Crippen LogP contribution in [0.2, 0.25) is 0 Å².